The van der Waals surface area contributed by atoms with Gasteiger partial charge in [0.2, 0.25) is 17.7 Å². The van der Waals surface area contributed by atoms with E-state index >= 15 is 0 Å². The van der Waals surface area contributed by atoms with Gasteiger partial charge in [0, 0.05) is 28.4 Å². The van der Waals surface area contributed by atoms with Crippen molar-refractivity contribution < 1.29 is 19.1 Å². The molecule has 8 nitrogen and oxygen atoms in total. The average Bonchev–Trinajstić information content (AvgIpc) is 3.38. The van der Waals surface area contributed by atoms with Crippen molar-refractivity contribution in [2.45, 2.75) is 22.7 Å². The Kier molecular flexibility index (Phi) is 7.41. The second kappa shape index (κ2) is 10.7. The molecule has 0 aliphatic carbocycles. The molecule has 3 aliphatic heterocycles. The fourth-order valence-corrected chi connectivity index (χ4v) is 8.70. The number of aromatic nitrogens is 1. The van der Waals surface area contributed by atoms with Crippen molar-refractivity contribution in [1.82, 2.24) is 9.47 Å². The Hall–Kier alpha value is -2.15. The second-order valence-electron chi connectivity index (χ2n) is 9.29. The molecule has 13 heteroatoms. The van der Waals surface area contributed by atoms with Gasteiger partial charge in [0.25, 0.3) is 0 Å². The van der Waals surface area contributed by atoms with Crippen LogP contribution in [0.5, 0.6) is 0 Å². The standard InChI is InChI=1S/C26H20BrCl2N3O5S2/c27-13-4-6-14(7-5-13)32-23(34)19-18(15-2-1-3-16(28)20(15)29)22-25(38-21(19)24(32)35)31(26(36)39-22)12-17(33)30-8-10-37-11-9-30/h1-7,18-19,21H,8-12H2/t18-,19?,21?/m1/s1. The van der Waals surface area contributed by atoms with Gasteiger partial charge in [-0.3, -0.25) is 23.7 Å². The van der Waals surface area contributed by atoms with Crippen LogP contribution in [0.4, 0.5) is 5.69 Å². The van der Waals surface area contributed by atoms with Crippen LogP contribution < -0.4 is 9.77 Å². The number of amides is 3. The number of carbonyl (C=O) groups is 3. The topological polar surface area (TPSA) is 88.9 Å². The fraction of sp³-hybridized carbons (Fsp3) is 0.308. The highest BCUT2D eigenvalue weighted by atomic mass is 79.9. The summed E-state index contributed by atoms with van der Waals surface area (Å²) >= 11 is 18.6. The summed E-state index contributed by atoms with van der Waals surface area (Å²) in [4.78, 5) is 57.3. The fourth-order valence-electron chi connectivity index (χ4n) is 5.24. The molecule has 3 amide bonds. The summed E-state index contributed by atoms with van der Waals surface area (Å²) in [6.07, 6.45) is 0. The molecular weight excluding hydrogens is 649 g/mol. The van der Waals surface area contributed by atoms with E-state index in [1.54, 1.807) is 47.4 Å². The number of fused-ring (bicyclic) bond motifs is 2. The van der Waals surface area contributed by atoms with Gasteiger partial charge in [0.1, 0.15) is 11.8 Å². The van der Waals surface area contributed by atoms with Gasteiger partial charge in [-0.2, -0.15) is 0 Å². The molecule has 0 saturated carbocycles. The Balaban J connectivity index is 1.46. The predicted octanol–water partition coefficient (Wildman–Crippen LogP) is 4.63. The number of rotatable bonds is 4. The van der Waals surface area contributed by atoms with Crippen LogP contribution in [-0.2, 0) is 25.7 Å². The van der Waals surface area contributed by atoms with Crippen molar-refractivity contribution in [3.05, 3.63) is 77.1 Å². The van der Waals surface area contributed by atoms with E-state index in [0.29, 0.717) is 52.5 Å². The second-order valence-corrected chi connectivity index (χ2v) is 13.1. The molecule has 0 spiro atoms. The smallest absolute Gasteiger partial charge is 0.308 e. The molecule has 202 valence electrons. The zero-order valence-electron chi connectivity index (χ0n) is 20.1. The van der Waals surface area contributed by atoms with Crippen molar-refractivity contribution in [2.24, 2.45) is 5.92 Å². The first-order chi connectivity index (χ1) is 18.8. The lowest BCUT2D eigenvalue weighted by Gasteiger charge is -2.31. The molecule has 2 aromatic carbocycles. The lowest BCUT2D eigenvalue weighted by Crippen LogP contribution is -2.43. The van der Waals surface area contributed by atoms with Crippen molar-refractivity contribution in [1.29, 1.82) is 0 Å². The highest BCUT2D eigenvalue weighted by Gasteiger charge is 2.57. The maximum absolute atomic E-state index is 14.0. The van der Waals surface area contributed by atoms with Gasteiger partial charge in [0.15, 0.2) is 0 Å². The Morgan fingerprint density at radius 1 is 1.03 bits per heavy atom. The quantitative estimate of drug-likeness (QED) is 0.377. The number of morpholine rings is 1. The van der Waals surface area contributed by atoms with Crippen LogP contribution in [0, 0.1) is 5.92 Å². The summed E-state index contributed by atoms with van der Waals surface area (Å²) in [5, 5.41) is 0.265. The van der Waals surface area contributed by atoms with E-state index in [-0.39, 0.29) is 34.2 Å². The first-order valence-electron chi connectivity index (χ1n) is 12.1. The summed E-state index contributed by atoms with van der Waals surface area (Å²) in [7, 11) is 0. The monoisotopic (exact) mass is 667 g/mol. The SMILES string of the molecule is O=C(Cn1c2c(sc1=O)[C@H](c1cccc(Cl)c1Cl)C1C(=O)N(c3ccc(Br)cc3)C(=O)C1S2)N1CCOCC1. The number of imide groups is 1. The first-order valence-corrected chi connectivity index (χ1v) is 15.3. The number of nitrogens with zero attached hydrogens (tertiary/aromatic N) is 3. The summed E-state index contributed by atoms with van der Waals surface area (Å²) in [6.45, 7) is 1.63. The summed E-state index contributed by atoms with van der Waals surface area (Å²) in [6, 6.07) is 12.1. The summed E-state index contributed by atoms with van der Waals surface area (Å²) in [5.74, 6) is -2.45. The molecule has 3 aliphatic rings. The van der Waals surface area contributed by atoms with E-state index in [1.807, 2.05) is 0 Å². The highest BCUT2D eigenvalue weighted by molar-refractivity contribution is 9.10. The number of thioether (sulfide) groups is 1. The minimum Gasteiger partial charge on any atom is -0.378 e. The molecule has 2 unspecified atom stereocenters. The van der Waals surface area contributed by atoms with E-state index in [1.165, 1.54) is 21.2 Å². The third-order valence-corrected chi connectivity index (χ3v) is 11.1. The predicted molar refractivity (Wildman–Crippen MR) is 154 cm³/mol. The summed E-state index contributed by atoms with van der Waals surface area (Å²) in [5.41, 5.74) is 1.02. The molecular formula is C26H20BrCl2N3O5S2. The molecule has 2 saturated heterocycles. The van der Waals surface area contributed by atoms with Crippen LogP contribution in [0.15, 0.2) is 56.8 Å². The van der Waals surface area contributed by atoms with E-state index in [4.69, 9.17) is 27.9 Å². The average molecular weight is 669 g/mol. The van der Waals surface area contributed by atoms with Crippen LogP contribution in [0.2, 0.25) is 10.0 Å². The van der Waals surface area contributed by atoms with Gasteiger partial charge in [-0.05, 0) is 35.9 Å². The van der Waals surface area contributed by atoms with Crippen LogP contribution in [0.1, 0.15) is 16.4 Å². The molecule has 2 fully saturated rings. The maximum atomic E-state index is 14.0. The Labute approximate surface area is 249 Å². The number of benzene rings is 2. The highest BCUT2D eigenvalue weighted by Crippen LogP contribution is 2.55. The van der Waals surface area contributed by atoms with Gasteiger partial charge >= 0.3 is 4.87 Å². The number of carbonyl (C=O) groups excluding carboxylic acids is 3. The van der Waals surface area contributed by atoms with Crippen molar-refractivity contribution >= 4 is 85.6 Å². The molecule has 0 radical (unpaired) electrons. The molecule has 6 rings (SSSR count). The molecule has 0 bridgehead atoms. The third kappa shape index (κ3) is 4.66. The minimum atomic E-state index is -0.813. The molecule has 0 N–H and O–H groups in total. The molecule has 1 aromatic heterocycles. The van der Waals surface area contributed by atoms with Crippen molar-refractivity contribution in [2.75, 3.05) is 31.2 Å². The largest absolute Gasteiger partial charge is 0.378 e. The lowest BCUT2D eigenvalue weighted by atomic mass is 9.83. The zero-order valence-corrected chi connectivity index (χ0v) is 24.9. The van der Waals surface area contributed by atoms with Gasteiger partial charge < -0.3 is 9.64 Å². The number of anilines is 1. The third-order valence-electron chi connectivity index (χ3n) is 7.11. The van der Waals surface area contributed by atoms with E-state index < -0.39 is 17.1 Å². The lowest BCUT2D eigenvalue weighted by molar-refractivity contribution is -0.136. The van der Waals surface area contributed by atoms with Crippen molar-refractivity contribution in [3.8, 4) is 0 Å². The number of halogens is 3. The van der Waals surface area contributed by atoms with Crippen LogP contribution in [-0.4, -0.2) is 58.7 Å². The van der Waals surface area contributed by atoms with E-state index in [9.17, 15) is 19.2 Å². The number of hydrogen-bond donors (Lipinski definition) is 0. The van der Waals surface area contributed by atoms with Gasteiger partial charge in [0.05, 0.1) is 39.9 Å². The van der Waals surface area contributed by atoms with Crippen LogP contribution >= 0.6 is 62.2 Å². The minimum absolute atomic E-state index is 0.163. The van der Waals surface area contributed by atoms with Crippen LogP contribution in [0.25, 0.3) is 0 Å². The Morgan fingerprint density at radius 2 is 1.74 bits per heavy atom. The number of ether oxygens (including phenoxy) is 1. The van der Waals surface area contributed by atoms with Crippen LogP contribution in [0.3, 0.4) is 0 Å². The molecule has 4 heterocycles. The molecule has 3 aromatic rings. The number of hydrogen-bond acceptors (Lipinski definition) is 7. The molecule has 39 heavy (non-hydrogen) atoms. The Morgan fingerprint density at radius 3 is 2.46 bits per heavy atom. The first kappa shape index (κ1) is 27.0. The summed E-state index contributed by atoms with van der Waals surface area (Å²) < 4.78 is 7.58. The van der Waals surface area contributed by atoms with E-state index in [0.717, 1.165) is 15.8 Å². The van der Waals surface area contributed by atoms with Gasteiger partial charge in [-0.25, -0.2) is 4.90 Å². The van der Waals surface area contributed by atoms with Gasteiger partial charge in [-0.1, -0.05) is 74.4 Å². The zero-order chi connectivity index (χ0) is 27.4. The van der Waals surface area contributed by atoms with Crippen molar-refractivity contribution in [3.63, 3.8) is 0 Å². The van der Waals surface area contributed by atoms with E-state index in [2.05, 4.69) is 15.9 Å². The normalized spacial score (nSPS) is 22.7. The maximum Gasteiger partial charge on any atom is 0.308 e. The number of thiazole rings is 1. The molecule has 3 atom stereocenters. The van der Waals surface area contributed by atoms with Gasteiger partial charge in [-0.15, -0.1) is 0 Å². The Bertz CT molecular complexity index is 1550.